The summed E-state index contributed by atoms with van der Waals surface area (Å²) < 4.78 is 13.9. The Balaban J connectivity index is 2.22. The van der Waals surface area contributed by atoms with Crippen LogP contribution >= 0.6 is 11.6 Å². The van der Waals surface area contributed by atoms with Gasteiger partial charge in [-0.3, -0.25) is 9.69 Å². The van der Waals surface area contributed by atoms with Gasteiger partial charge in [0.1, 0.15) is 5.82 Å². The van der Waals surface area contributed by atoms with Crippen molar-refractivity contribution in [2.75, 3.05) is 14.1 Å². The molecule has 1 saturated carbocycles. The molecule has 1 aromatic rings. The number of ketones is 1. The molecule has 0 amide bonds. The number of hydrogen-bond acceptors (Lipinski definition) is 2. The Bertz CT molecular complexity index is 522. The Labute approximate surface area is 131 Å². The predicted molar refractivity (Wildman–Crippen MR) is 84.2 cm³/mol. The maximum atomic E-state index is 13.9. The highest BCUT2D eigenvalue weighted by Gasteiger charge is 2.42. The van der Waals surface area contributed by atoms with Gasteiger partial charge < -0.3 is 0 Å². The van der Waals surface area contributed by atoms with Crippen LogP contribution in [0.5, 0.6) is 0 Å². The summed E-state index contributed by atoms with van der Waals surface area (Å²) in [4.78, 5) is 14.9. The quantitative estimate of drug-likeness (QED) is 0.834. The minimum atomic E-state index is -0.457. The van der Waals surface area contributed by atoms with E-state index in [0.717, 1.165) is 25.7 Å². The molecule has 116 valence electrons. The van der Waals surface area contributed by atoms with Gasteiger partial charge in [0.15, 0.2) is 5.78 Å². The average molecular weight is 312 g/mol. The van der Waals surface area contributed by atoms with Crippen molar-refractivity contribution in [2.24, 2.45) is 5.92 Å². The SMILES string of the molecule is CC1CCC(C(=O)Cc2cc(Cl)ccc2F)(N(C)C)CC1. The third-order valence-electron chi connectivity index (χ3n) is 4.84. The zero-order valence-corrected chi connectivity index (χ0v) is 13.7. The van der Waals surface area contributed by atoms with E-state index in [1.54, 1.807) is 6.07 Å². The number of likely N-dealkylation sites (N-methyl/N-ethyl adjacent to an activating group) is 1. The molecular weight excluding hydrogens is 289 g/mol. The fourth-order valence-corrected chi connectivity index (χ4v) is 3.43. The van der Waals surface area contributed by atoms with Crippen molar-refractivity contribution in [3.8, 4) is 0 Å². The van der Waals surface area contributed by atoms with Crippen LogP contribution in [0, 0.1) is 11.7 Å². The summed E-state index contributed by atoms with van der Waals surface area (Å²) in [5, 5.41) is 0.468. The maximum Gasteiger partial charge on any atom is 0.157 e. The van der Waals surface area contributed by atoms with Crippen LogP contribution in [0.4, 0.5) is 4.39 Å². The van der Waals surface area contributed by atoms with Crippen molar-refractivity contribution in [3.63, 3.8) is 0 Å². The highest BCUT2D eigenvalue weighted by Crippen LogP contribution is 2.37. The van der Waals surface area contributed by atoms with E-state index >= 15 is 0 Å². The number of hydrogen-bond donors (Lipinski definition) is 0. The first-order valence-electron chi connectivity index (χ1n) is 7.50. The van der Waals surface area contributed by atoms with Crippen molar-refractivity contribution in [3.05, 3.63) is 34.6 Å². The zero-order valence-electron chi connectivity index (χ0n) is 13.0. The van der Waals surface area contributed by atoms with Gasteiger partial charge in [-0.05, 0) is 69.5 Å². The van der Waals surface area contributed by atoms with Crippen LogP contribution in [0.1, 0.15) is 38.2 Å². The van der Waals surface area contributed by atoms with Gasteiger partial charge in [0.2, 0.25) is 0 Å². The van der Waals surface area contributed by atoms with E-state index in [4.69, 9.17) is 11.6 Å². The van der Waals surface area contributed by atoms with Gasteiger partial charge >= 0.3 is 0 Å². The normalized spacial score (nSPS) is 26.1. The molecule has 0 spiro atoms. The lowest BCUT2D eigenvalue weighted by Crippen LogP contribution is -2.53. The lowest BCUT2D eigenvalue weighted by molar-refractivity contribution is -0.131. The summed E-state index contributed by atoms with van der Waals surface area (Å²) >= 11 is 5.91. The van der Waals surface area contributed by atoms with Crippen molar-refractivity contribution in [1.82, 2.24) is 4.90 Å². The van der Waals surface area contributed by atoms with Gasteiger partial charge in [-0.2, -0.15) is 0 Å². The van der Waals surface area contributed by atoms with Crippen LogP contribution in [0.2, 0.25) is 5.02 Å². The third-order valence-corrected chi connectivity index (χ3v) is 5.07. The Morgan fingerprint density at radius 3 is 2.57 bits per heavy atom. The molecule has 4 heteroatoms. The first kappa shape index (κ1) is 16.4. The summed E-state index contributed by atoms with van der Waals surface area (Å²) in [5.74, 6) is 0.403. The Hall–Kier alpha value is -0.930. The second-order valence-electron chi connectivity index (χ2n) is 6.44. The topological polar surface area (TPSA) is 20.3 Å². The summed E-state index contributed by atoms with van der Waals surface area (Å²) in [6.45, 7) is 2.22. The molecule has 0 radical (unpaired) electrons. The van der Waals surface area contributed by atoms with E-state index in [2.05, 4.69) is 6.92 Å². The molecule has 1 fully saturated rings. The number of benzene rings is 1. The van der Waals surface area contributed by atoms with Crippen LogP contribution in [0.25, 0.3) is 0 Å². The maximum absolute atomic E-state index is 13.9. The van der Waals surface area contributed by atoms with Gasteiger partial charge in [-0.25, -0.2) is 4.39 Å². The highest BCUT2D eigenvalue weighted by molar-refractivity contribution is 6.30. The van der Waals surface area contributed by atoms with Crippen LogP contribution in [-0.2, 0) is 11.2 Å². The van der Waals surface area contributed by atoms with Gasteiger partial charge in [0.05, 0.1) is 5.54 Å². The molecule has 1 aromatic carbocycles. The lowest BCUT2D eigenvalue weighted by Gasteiger charge is -2.43. The van der Waals surface area contributed by atoms with E-state index in [1.165, 1.54) is 12.1 Å². The van der Waals surface area contributed by atoms with Crippen LogP contribution in [0.3, 0.4) is 0 Å². The number of nitrogens with zero attached hydrogens (tertiary/aromatic N) is 1. The number of Topliss-reactive ketones (excluding diaryl/α,β-unsaturated/α-hetero) is 1. The van der Waals surface area contributed by atoms with E-state index in [-0.39, 0.29) is 18.0 Å². The largest absolute Gasteiger partial charge is 0.297 e. The highest BCUT2D eigenvalue weighted by atomic mass is 35.5. The fourth-order valence-electron chi connectivity index (χ4n) is 3.23. The number of halogens is 2. The van der Waals surface area contributed by atoms with Gasteiger partial charge in [0.25, 0.3) is 0 Å². The van der Waals surface area contributed by atoms with Crippen molar-refractivity contribution < 1.29 is 9.18 Å². The monoisotopic (exact) mass is 311 g/mol. The van der Waals surface area contributed by atoms with Crippen LogP contribution in [-0.4, -0.2) is 30.3 Å². The standard InChI is InChI=1S/C17H23ClFNO/c1-12-6-8-17(9-7-12,20(2)3)16(21)11-13-10-14(18)4-5-15(13)19/h4-5,10,12H,6-9,11H2,1-3H3. The van der Waals surface area contributed by atoms with E-state index in [9.17, 15) is 9.18 Å². The Morgan fingerprint density at radius 2 is 2.00 bits per heavy atom. The summed E-state index contributed by atoms with van der Waals surface area (Å²) in [6.07, 6.45) is 3.90. The molecule has 0 heterocycles. The molecule has 0 saturated heterocycles. The van der Waals surface area contributed by atoms with E-state index in [1.807, 2.05) is 19.0 Å². The molecule has 0 N–H and O–H groups in total. The first-order valence-corrected chi connectivity index (χ1v) is 7.87. The molecular formula is C17H23ClFNO. The predicted octanol–water partition coefficient (Wildman–Crippen LogP) is 4.10. The molecule has 2 nitrogen and oxygen atoms in total. The summed E-state index contributed by atoms with van der Waals surface area (Å²) in [5.41, 5.74) is -0.0614. The number of carbonyl (C=O) groups is 1. The van der Waals surface area contributed by atoms with Gasteiger partial charge in [-0.15, -0.1) is 0 Å². The lowest BCUT2D eigenvalue weighted by atomic mass is 9.72. The minimum absolute atomic E-state index is 0.0977. The molecule has 1 aliphatic rings. The fraction of sp³-hybridized carbons (Fsp3) is 0.588. The molecule has 21 heavy (non-hydrogen) atoms. The van der Waals surface area contributed by atoms with E-state index < -0.39 is 5.54 Å². The third kappa shape index (κ3) is 3.46. The average Bonchev–Trinajstić information content (AvgIpc) is 2.43. The number of carbonyl (C=O) groups excluding carboxylic acids is 1. The minimum Gasteiger partial charge on any atom is -0.297 e. The second kappa shape index (κ2) is 6.45. The van der Waals surface area contributed by atoms with Gasteiger partial charge in [-0.1, -0.05) is 18.5 Å². The zero-order chi connectivity index (χ0) is 15.6. The van der Waals surface area contributed by atoms with Crippen molar-refractivity contribution >= 4 is 17.4 Å². The molecule has 1 aliphatic carbocycles. The Morgan fingerprint density at radius 1 is 1.38 bits per heavy atom. The van der Waals surface area contributed by atoms with Crippen LogP contribution < -0.4 is 0 Å². The Kier molecular flexibility index (Phi) is 5.05. The summed E-state index contributed by atoms with van der Waals surface area (Å²) in [7, 11) is 3.89. The summed E-state index contributed by atoms with van der Waals surface area (Å²) in [6, 6.07) is 4.40. The van der Waals surface area contributed by atoms with Crippen molar-refractivity contribution in [2.45, 2.75) is 44.6 Å². The smallest absolute Gasteiger partial charge is 0.157 e. The molecule has 0 bridgehead atoms. The molecule has 0 aromatic heterocycles. The molecule has 0 atom stereocenters. The molecule has 0 unspecified atom stereocenters. The molecule has 2 rings (SSSR count). The van der Waals surface area contributed by atoms with Crippen molar-refractivity contribution in [1.29, 1.82) is 0 Å². The van der Waals surface area contributed by atoms with Gasteiger partial charge in [0, 0.05) is 11.4 Å². The second-order valence-corrected chi connectivity index (χ2v) is 6.88. The van der Waals surface area contributed by atoms with Crippen LogP contribution in [0.15, 0.2) is 18.2 Å². The van der Waals surface area contributed by atoms with E-state index in [0.29, 0.717) is 16.5 Å². The molecule has 0 aliphatic heterocycles. The first-order chi connectivity index (χ1) is 9.85. The number of rotatable bonds is 4.